The molecule has 1 aliphatic heterocycles. The first kappa shape index (κ1) is 17.4. The first-order valence-electron chi connectivity index (χ1n) is 8.22. The van der Waals surface area contributed by atoms with E-state index in [0.717, 1.165) is 31.9 Å². The number of hydrogen-bond acceptors (Lipinski definition) is 5. The van der Waals surface area contributed by atoms with E-state index >= 15 is 0 Å². The van der Waals surface area contributed by atoms with Crippen LogP contribution < -0.4 is 4.90 Å². The van der Waals surface area contributed by atoms with Crippen LogP contribution in [0.4, 0.5) is 10.1 Å². The largest absolute Gasteiger partial charge is 0.389 e. The summed E-state index contributed by atoms with van der Waals surface area (Å²) in [5.74, 6) is -0.206. The van der Waals surface area contributed by atoms with Gasteiger partial charge in [0.15, 0.2) is 0 Å². The van der Waals surface area contributed by atoms with Crippen LogP contribution in [-0.2, 0) is 11.3 Å². The first-order valence-corrected chi connectivity index (χ1v) is 9.10. The molecule has 0 saturated carbocycles. The van der Waals surface area contributed by atoms with Gasteiger partial charge in [0.1, 0.15) is 5.82 Å². The average Bonchev–Trinajstić information content (AvgIpc) is 3.10. The number of benzene rings is 1. The van der Waals surface area contributed by atoms with Crippen molar-refractivity contribution in [2.75, 3.05) is 44.2 Å². The molecule has 0 radical (unpaired) electrons. The molecule has 24 heavy (non-hydrogen) atoms. The summed E-state index contributed by atoms with van der Waals surface area (Å²) in [6.07, 6.45) is -0.470. The van der Waals surface area contributed by atoms with Crippen LogP contribution in [0.15, 0.2) is 41.8 Å². The van der Waals surface area contributed by atoms with Crippen molar-refractivity contribution < 1.29 is 14.2 Å². The molecule has 1 atom stereocenters. The third-order valence-corrected chi connectivity index (χ3v) is 5.02. The Labute approximate surface area is 146 Å². The monoisotopic (exact) mass is 350 g/mol. The Morgan fingerprint density at radius 1 is 1.12 bits per heavy atom. The molecule has 130 valence electrons. The Hall–Kier alpha value is -1.47. The van der Waals surface area contributed by atoms with Crippen molar-refractivity contribution in [1.29, 1.82) is 0 Å². The van der Waals surface area contributed by atoms with E-state index in [2.05, 4.69) is 9.80 Å². The molecule has 2 heterocycles. The highest BCUT2D eigenvalue weighted by Gasteiger charge is 2.19. The number of piperazine rings is 1. The summed E-state index contributed by atoms with van der Waals surface area (Å²) in [5.41, 5.74) is 1.05. The zero-order chi connectivity index (χ0) is 16.8. The summed E-state index contributed by atoms with van der Waals surface area (Å²) < 4.78 is 18.6. The summed E-state index contributed by atoms with van der Waals surface area (Å²) in [6, 6.07) is 10.7. The van der Waals surface area contributed by atoms with Gasteiger partial charge in [-0.15, -0.1) is 11.3 Å². The Bertz CT molecular complexity index is 598. The van der Waals surface area contributed by atoms with E-state index < -0.39 is 6.10 Å². The van der Waals surface area contributed by atoms with E-state index in [0.29, 0.717) is 19.8 Å². The second kappa shape index (κ2) is 8.58. The number of nitrogens with zero attached hydrogens (tertiary/aromatic N) is 2. The molecular formula is C18H23FN2O2S. The molecule has 1 aliphatic rings. The summed E-state index contributed by atoms with van der Waals surface area (Å²) in [7, 11) is 0. The summed E-state index contributed by atoms with van der Waals surface area (Å²) in [6.45, 7) is 5.09. The minimum Gasteiger partial charge on any atom is -0.389 e. The number of anilines is 1. The molecule has 1 unspecified atom stereocenters. The molecule has 0 bridgehead atoms. The van der Waals surface area contributed by atoms with Crippen molar-refractivity contribution >= 4 is 17.0 Å². The van der Waals surface area contributed by atoms with Crippen LogP contribution in [0, 0.1) is 5.82 Å². The Balaban J connectivity index is 1.36. The molecule has 0 amide bonds. The number of halogens is 1. The number of β-amino-alcohol motifs (C(OH)–C–C–N with tert-alkyl or cyclic N) is 1. The lowest BCUT2D eigenvalue weighted by Crippen LogP contribution is -2.49. The maximum Gasteiger partial charge on any atom is 0.123 e. The highest BCUT2D eigenvalue weighted by atomic mass is 32.1. The molecule has 1 aromatic heterocycles. The highest BCUT2D eigenvalue weighted by Crippen LogP contribution is 2.17. The molecule has 6 heteroatoms. The van der Waals surface area contributed by atoms with Crippen LogP contribution in [0.2, 0.25) is 0 Å². The van der Waals surface area contributed by atoms with Crippen LogP contribution in [0.3, 0.4) is 0 Å². The van der Waals surface area contributed by atoms with Gasteiger partial charge in [-0.2, -0.15) is 0 Å². The molecule has 0 aliphatic carbocycles. The number of ether oxygens (including phenoxy) is 1. The van der Waals surface area contributed by atoms with Crippen LogP contribution >= 0.6 is 11.3 Å². The van der Waals surface area contributed by atoms with Gasteiger partial charge >= 0.3 is 0 Å². The second-order valence-electron chi connectivity index (χ2n) is 6.01. The molecule has 2 aromatic rings. The fraction of sp³-hybridized carbons (Fsp3) is 0.444. The maximum atomic E-state index is 13.0. The third-order valence-electron chi connectivity index (χ3n) is 4.17. The molecule has 1 N–H and O–H groups in total. The summed E-state index contributed by atoms with van der Waals surface area (Å²) >= 11 is 1.66. The van der Waals surface area contributed by atoms with Crippen molar-refractivity contribution in [3.63, 3.8) is 0 Å². The van der Waals surface area contributed by atoms with Crippen molar-refractivity contribution in [1.82, 2.24) is 4.90 Å². The molecule has 0 spiro atoms. The van der Waals surface area contributed by atoms with E-state index in [-0.39, 0.29) is 5.82 Å². The minimum absolute atomic E-state index is 0.206. The molecule has 1 aromatic carbocycles. The van der Waals surface area contributed by atoms with Gasteiger partial charge in [0.05, 0.1) is 19.3 Å². The highest BCUT2D eigenvalue weighted by molar-refractivity contribution is 7.09. The van der Waals surface area contributed by atoms with Crippen molar-refractivity contribution in [2.24, 2.45) is 0 Å². The molecule has 1 fully saturated rings. The number of rotatable bonds is 7. The average molecular weight is 350 g/mol. The number of aliphatic hydroxyl groups excluding tert-OH is 1. The Kier molecular flexibility index (Phi) is 6.20. The predicted octanol–water partition coefficient (Wildman–Crippen LogP) is 2.59. The van der Waals surface area contributed by atoms with E-state index in [4.69, 9.17) is 4.74 Å². The van der Waals surface area contributed by atoms with Gasteiger partial charge in [-0.25, -0.2) is 4.39 Å². The number of hydrogen-bond donors (Lipinski definition) is 1. The lowest BCUT2D eigenvalue weighted by atomic mass is 10.2. The van der Waals surface area contributed by atoms with Crippen LogP contribution in [0.25, 0.3) is 0 Å². The molecule has 4 nitrogen and oxygen atoms in total. The van der Waals surface area contributed by atoms with E-state index in [1.165, 1.54) is 17.0 Å². The smallest absolute Gasteiger partial charge is 0.123 e. The quantitative estimate of drug-likeness (QED) is 0.833. The fourth-order valence-corrected chi connectivity index (χ4v) is 3.52. The topological polar surface area (TPSA) is 35.9 Å². The lowest BCUT2D eigenvalue weighted by molar-refractivity contribution is 0.00991. The Morgan fingerprint density at radius 3 is 2.54 bits per heavy atom. The number of thiophene rings is 1. The van der Waals surface area contributed by atoms with Crippen molar-refractivity contribution in [3.8, 4) is 0 Å². The zero-order valence-electron chi connectivity index (χ0n) is 13.6. The minimum atomic E-state index is -0.470. The maximum absolute atomic E-state index is 13.0. The van der Waals surface area contributed by atoms with E-state index in [1.807, 2.05) is 29.6 Å². The number of aliphatic hydroxyl groups is 1. The van der Waals surface area contributed by atoms with Crippen LogP contribution in [0.1, 0.15) is 4.88 Å². The van der Waals surface area contributed by atoms with E-state index in [1.54, 1.807) is 11.3 Å². The van der Waals surface area contributed by atoms with Crippen molar-refractivity contribution in [3.05, 3.63) is 52.5 Å². The standard InChI is InChI=1S/C18H23FN2O2S/c19-15-3-5-16(6-4-15)21-9-7-20(8-10-21)12-17(22)13-23-14-18-2-1-11-24-18/h1-6,11,17,22H,7-10,12-14H2. The van der Waals surface area contributed by atoms with Gasteiger partial charge in [0, 0.05) is 43.3 Å². The van der Waals surface area contributed by atoms with Gasteiger partial charge in [0.25, 0.3) is 0 Å². The fourth-order valence-electron chi connectivity index (χ4n) is 2.88. The summed E-state index contributed by atoms with van der Waals surface area (Å²) in [4.78, 5) is 5.67. The first-order chi connectivity index (χ1) is 11.7. The normalized spacial score (nSPS) is 17.2. The van der Waals surface area contributed by atoms with Crippen LogP contribution in [-0.4, -0.2) is 55.4 Å². The predicted molar refractivity (Wildman–Crippen MR) is 95.0 cm³/mol. The van der Waals surface area contributed by atoms with Crippen molar-refractivity contribution in [2.45, 2.75) is 12.7 Å². The zero-order valence-corrected chi connectivity index (χ0v) is 14.4. The SMILES string of the molecule is OC(COCc1cccs1)CN1CCN(c2ccc(F)cc2)CC1. The molecule has 3 rings (SSSR count). The van der Waals surface area contributed by atoms with Gasteiger partial charge in [-0.1, -0.05) is 6.07 Å². The van der Waals surface area contributed by atoms with E-state index in [9.17, 15) is 9.50 Å². The second-order valence-corrected chi connectivity index (χ2v) is 7.04. The molecular weight excluding hydrogens is 327 g/mol. The van der Waals surface area contributed by atoms with Gasteiger partial charge < -0.3 is 14.7 Å². The summed E-state index contributed by atoms with van der Waals surface area (Å²) in [5, 5.41) is 12.1. The van der Waals surface area contributed by atoms with Gasteiger partial charge in [-0.05, 0) is 35.7 Å². The third kappa shape index (κ3) is 5.01. The molecule has 1 saturated heterocycles. The Morgan fingerprint density at radius 2 is 1.88 bits per heavy atom. The van der Waals surface area contributed by atoms with Gasteiger partial charge in [-0.3, -0.25) is 4.90 Å². The van der Waals surface area contributed by atoms with Gasteiger partial charge in [0.2, 0.25) is 0 Å². The van der Waals surface area contributed by atoms with Crippen LogP contribution in [0.5, 0.6) is 0 Å². The lowest BCUT2D eigenvalue weighted by Gasteiger charge is -2.36.